The van der Waals surface area contributed by atoms with E-state index in [1.807, 2.05) is 12.1 Å². The molecule has 0 aliphatic carbocycles. The normalized spacial score (nSPS) is 31.1. The average Bonchev–Trinajstić information content (AvgIpc) is 2.91. The Morgan fingerprint density at radius 1 is 0.967 bits per heavy atom. The zero-order chi connectivity index (χ0) is 21.7. The van der Waals surface area contributed by atoms with Gasteiger partial charge in [0.1, 0.15) is 6.10 Å². The number of benzene rings is 2. The van der Waals surface area contributed by atoms with Crippen LogP contribution >= 0.6 is 23.2 Å². The highest BCUT2D eigenvalue weighted by Gasteiger charge is 2.79. The molecule has 2 aliphatic heterocycles. The molecule has 2 aliphatic rings. The average molecular weight is 437 g/mol. The second-order valence-electron chi connectivity index (χ2n) is 7.30. The molecule has 6 nitrogen and oxygen atoms in total. The van der Waals surface area contributed by atoms with Gasteiger partial charge in [-0.15, -0.1) is 0 Å². The van der Waals surface area contributed by atoms with Crippen molar-refractivity contribution in [3.8, 4) is 18.2 Å². The summed E-state index contributed by atoms with van der Waals surface area (Å²) in [7, 11) is 0. The molecule has 0 spiro atoms. The number of nitriles is 3. The predicted octanol–water partition coefficient (Wildman–Crippen LogP) is 5.10. The third kappa shape index (κ3) is 2.23. The van der Waals surface area contributed by atoms with E-state index >= 15 is 0 Å². The Kier molecular flexibility index (Phi) is 4.53. The van der Waals surface area contributed by atoms with Crippen LogP contribution in [0.2, 0.25) is 10.0 Å². The van der Waals surface area contributed by atoms with Gasteiger partial charge < -0.3 is 9.47 Å². The minimum Gasteiger partial charge on any atom is -0.443 e. The first-order valence-electron chi connectivity index (χ1n) is 9.03. The van der Waals surface area contributed by atoms with E-state index in [-0.39, 0.29) is 5.02 Å². The molecule has 1 N–H and O–H groups in total. The molecular weight excluding hydrogens is 423 g/mol. The summed E-state index contributed by atoms with van der Waals surface area (Å²) in [6, 6.07) is 19.4. The Morgan fingerprint density at radius 3 is 2.17 bits per heavy atom. The lowest BCUT2D eigenvalue weighted by atomic mass is 9.53. The van der Waals surface area contributed by atoms with Gasteiger partial charge in [-0.2, -0.15) is 15.8 Å². The fourth-order valence-electron chi connectivity index (χ4n) is 4.52. The highest BCUT2D eigenvalue weighted by Crippen LogP contribution is 2.69. The number of ether oxygens (including phenoxy) is 2. The van der Waals surface area contributed by atoms with Crippen LogP contribution in [0.4, 0.5) is 0 Å². The van der Waals surface area contributed by atoms with Crippen molar-refractivity contribution in [1.82, 2.24) is 0 Å². The number of nitrogens with zero attached hydrogens (tertiary/aromatic N) is 3. The van der Waals surface area contributed by atoms with Crippen molar-refractivity contribution in [1.29, 1.82) is 21.2 Å². The molecule has 0 radical (unpaired) electrons. The van der Waals surface area contributed by atoms with Gasteiger partial charge in [0.05, 0.1) is 24.1 Å². The zero-order valence-electron chi connectivity index (χ0n) is 15.7. The number of nitrogens with one attached hydrogen (secondary N) is 1. The third-order valence-corrected chi connectivity index (χ3v) is 6.70. The van der Waals surface area contributed by atoms with Crippen LogP contribution in [0.15, 0.2) is 48.5 Å². The summed E-state index contributed by atoms with van der Waals surface area (Å²) < 4.78 is 12.3. The molecule has 30 heavy (non-hydrogen) atoms. The maximum Gasteiger partial charge on any atom is 0.244 e. The Morgan fingerprint density at radius 2 is 1.60 bits per heavy atom. The molecule has 2 heterocycles. The summed E-state index contributed by atoms with van der Waals surface area (Å²) in [5.74, 6) is -2.90. The summed E-state index contributed by atoms with van der Waals surface area (Å²) in [5.41, 5.74) is -3.05. The molecule has 2 fully saturated rings. The van der Waals surface area contributed by atoms with E-state index in [0.717, 1.165) is 0 Å². The summed E-state index contributed by atoms with van der Waals surface area (Å²) in [5, 5.41) is 40.0. The van der Waals surface area contributed by atoms with Gasteiger partial charge >= 0.3 is 0 Å². The molecule has 148 valence electrons. The molecule has 4 rings (SSSR count). The summed E-state index contributed by atoms with van der Waals surface area (Å²) in [4.78, 5) is 0. The second-order valence-corrected chi connectivity index (χ2v) is 8.14. The van der Waals surface area contributed by atoms with Crippen LogP contribution in [0, 0.1) is 56.2 Å². The summed E-state index contributed by atoms with van der Waals surface area (Å²) in [6.45, 7) is 1.64. The van der Waals surface area contributed by atoms with Gasteiger partial charge in [-0.3, -0.25) is 5.41 Å². The van der Waals surface area contributed by atoms with Crippen molar-refractivity contribution in [2.45, 2.75) is 18.8 Å². The van der Waals surface area contributed by atoms with E-state index in [2.05, 4.69) is 6.07 Å². The van der Waals surface area contributed by atoms with Crippen molar-refractivity contribution in [3.05, 3.63) is 69.7 Å². The quantitative estimate of drug-likeness (QED) is 0.702. The van der Waals surface area contributed by atoms with E-state index in [0.29, 0.717) is 16.1 Å². The third-order valence-electron chi connectivity index (χ3n) is 6.10. The van der Waals surface area contributed by atoms with Crippen LogP contribution < -0.4 is 0 Å². The predicted molar refractivity (Wildman–Crippen MR) is 108 cm³/mol. The molecule has 2 bridgehead atoms. The van der Waals surface area contributed by atoms with Crippen LogP contribution in [0.25, 0.3) is 0 Å². The first kappa shape index (κ1) is 20.2. The Labute approximate surface area is 183 Å². The molecule has 8 heteroatoms. The van der Waals surface area contributed by atoms with Crippen molar-refractivity contribution in [2.75, 3.05) is 0 Å². The van der Waals surface area contributed by atoms with Crippen molar-refractivity contribution >= 4 is 29.1 Å². The number of fused-ring (bicyclic) bond motifs is 2. The molecule has 2 saturated heterocycles. The molecule has 4 atom stereocenters. The summed E-state index contributed by atoms with van der Waals surface area (Å²) in [6.07, 6.45) is -1.24. The molecule has 0 amide bonds. The number of halogens is 2. The van der Waals surface area contributed by atoms with Crippen LogP contribution in [-0.2, 0) is 15.3 Å². The molecule has 2 aromatic rings. The van der Waals surface area contributed by atoms with Gasteiger partial charge in [-0.1, -0.05) is 60.5 Å². The fraction of sp³-hybridized carbons (Fsp3) is 0.273. The van der Waals surface area contributed by atoms with E-state index in [1.54, 1.807) is 55.5 Å². The zero-order valence-corrected chi connectivity index (χ0v) is 17.2. The maximum atomic E-state index is 10.3. The minimum atomic E-state index is -2.06. The maximum absolute atomic E-state index is 10.3. The topological polar surface area (TPSA) is 114 Å². The Hall–Kier alpha value is -3.08. The smallest absolute Gasteiger partial charge is 0.244 e. The molecule has 4 unspecified atom stereocenters. The first-order chi connectivity index (χ1) is 14.3. The van der Waals surface area contributed by atoms with Crippen molar-refractivity contribution in [3.63, 3.8) is 0 Å². The van der Waals surface area contributed by atoms with Gasteiger partial charge in [0, 0.05) is 21.2 Å². The molecule has 0 saturated carbocycles. The van der Waals surface area contributed by atoms with Gasteiger partial charge in [0.2, 0.25) is 17.1 Å². The standard InChI is InChI=1S/C22H14Cl2N4O2/c1-13-21(12-27)19(28)30-22(13,14-6-8-15(23)9-7-14)29-18(20(21,10-25)11-26)16-4-2-3-5-17(16)24/h2-9,13,18,28H,1H3. The number of hydrogen-bond acceptors (Lipinski definition) is 6. The van der Waals surface area contributed by atoms with Crippen LogP contribution in [-0.4, -0.2) is 5.90 Å². The first-order valence-corrected chi connectivity index (χ1v) is 9.78. The van der Waals surface area contributed by atoms with E-state index in [1.165, 1.54) is 0 Å². The Balaban J connectivity index is 2.06. The highest BCUT2D eigenvalue weighted by molar-refractivity contribution is 6.31. The fourth-order valence-corrected chi connectivity index (χ4v) is 4.88. The Bertz CT molecular complexity index is 1160. The molecular formula is C22H14Cl2N4O2. The SMILES string of the molecule is CC1C2(c3ccc(Cl)cc3)OC(=N)C1(C#N)C(C#N)(C#N)C(c1ccccc1Cl)O2. The van der Waals surface area contributed by atoms with Crippen molar-refractivity contribution < 1.29 is 9.47 Å². The highest BCUT2D eigenvalue weighted by atomic mass is 35.5. The van der Waals surface area contributed by atoms with Gasteiger partial charge in [0.15, 0.2) is 5.41 Å². The van der Waals surface area contributed by atoms with Crippen LogP contribution in [0.3, 0.4) is 0 Å². The van der Waals surface area contributed by atoms with Gasteiger partial charge in [-0.25, -0.2) is 0 Å². The van der Waals surface area contributed by atoms with Gasteiger partial charge in [0.25, 0.3) is 0 Å². The summed E-state index contributed by atoms with van der Waals surface area (Å²) >= 11 is 12.4. The molecule has 0 aromatic heterocycles. The van der Waals surface area contributed by atoms with Crippen LogP contribution in [0.1, 0.15) is 24.2 Å². The van der Waals surface area contributed by atoms with E-state index in [9.17, 15) is 15.8 Å². The molecule has 2 aromatic carbocycles. The second kappa shape index (κ2) is 6.73. The number of hydrogen-bond donors (Lipinski definition) is 1. The van der Waals surface area contributed by atoms with Crippen LogP contribution in [0.5, 0.6) is 0 Å². The van der Waals surface area contributed by atoms with Crippen molar-refractivity contribution in [2.24, 2.45) is 16.7 Å². The number of rotatable bonds is 2. The monoisotopic (exact) mass is 436 g/mol. The van der Waals surface area contributed by atoms with E-state index in [4.69, 9.17) is 38.1 Å². The lowest BCUT2D eigenvalue weighted by molar-refractivity contribution is -0.288. The lowest BCUT2D eigenvalue weighted by Crippen LogP contribution is -2.57. The minimum absolute atomic E-state index is 0.275. The lowest BCUT2D eigenvalue weighted by Gasteiger charge is -2.48. The van der Waals surface area contributed by atoms with Gasteiger partial charge in [-0.05, 0) is 18.2 Å². The largest absolute Gasteiger partial charge is 0.443 e. The van der Waals surface area contributed by atoms with E-state index < -0.39 is 34.5 Å².